The molecule has 0 amide bonds. The van der Waals surface area contributed by atoms with Crippen LogP contribution < -0.4 is 10.6 Å². The van der Waals surface area contributed by atoms with Gasteiger partial charge in [0.05, 0.1) is 34.3 Å². The van der Waals surface area contributed by atoms with E-state index in [1.807, 2.05) is 21.3 Å². The number of piperidine rings is 1. The van der Waals surface area contributed by atoms with Crippen LogP contribution in [0.15, 0.2) is 41.2 Å². The van der Waals surface area contributed by atoms with E-state index < -0.39 is 0 Å². The first-order chi connectivity index (χ1) is 17.2. The van der Waals surface area contributed by atoms with Crippen molar-refractivity contribution in [2.45, 2.75) is 51.6 Å². The Morgan fingerprint density at radius 1 is 0.889 bits per heavy atom. The minimum absolute atomic E-state index is 0.0320. The molecule has 0 saturated carbocycles. The summed E-state index contributed by atoms with van der Waals surface area (Å²) in [7, 11) is 0. The molecule has 6 nitrogen and oxygen atoms in total. The zero-order valence-corrected chi connectivity index (χ0v) is 23.0. The first kappa shape index (κ1) is 25.7. The van der Waals surface area contributed by atoms with E-state index >= 15 is 0 Å². The molecule has 1 aromatic heterocycles. The molecule has 2 saturated heterocycles. The van der Waals surface area contributed by atoms with Crippen LogP contribution in [0.1, 0.15) is 45.2 Å². The second-order valence-electron chi connectivity index (χ2n) is 11.0. The molecule has 36 heavy (non-hydrogen) atoms. The fourth-order valence-electron chi connectivity index (χ4n) is 5.46. The van der Waals surface area contributed by atoms with Gasteiger partial charge in [-0.2, -0.15) is 0 Å². The zero-order chi connectivity index (χ0) is 25.4. The maximum absolute atomic E-state index is 13.7. The highest BCUT2D eigenvalue weighted by atomic mass is 35.5. The molecule has 0 N–H and O–H groups in total. The Bertz CT molecular complexity index is 1260. The summed E-state index contributed by atoms with van der Waals surface area (Å²) in [5.74, 6) is 0. The van der Waals surface area contributed by atoms with Crippen LogP contribution in [-0.4, -0.2) is 60.0 Å². The number of halogens is 2. The fraction of sp³-hybridized carbons (Fsp3) is 0.536. The predicted molar refractivity (Wildman–Crippen MR) is 149 cm³/mol. The van der Waals surface area contributed by atoms with E-state index in [2.05, 4.69) is 54.8 Å². The molecule has 3 heterocycles. The van der Waals surface area contributed by atoms with Gasteiger partial charge in [-0.3, -0.25) is 14.0 Å². The molecular weight excluding hydrogens is 495 g/mol. The van der Waals surface area contributed by atoms with Gasteiger partial charge in [-0.25, -0.2) is 4.79 Å². The minimum Gasteiger partial charge on any atom is -0.379 e. The number of imidazole rings is 1. The van der Waals surface area contributed by atoms with Gasteiger partial charge in [-0.05, 0) is 48.1 Å². The second-order valence-corrected chi connectivity index (χ2v) is 11.8. The van der Waals surface area contributed by atoms with Gasteiger partial charge in [0.15, 0.2) is 0 Å². The molecule has 0 unspecified atom stereocenters. The van der Waals surface area contributed by atoms with Gasteiger partial charge in [0.2, 0.25) is 0 Å². The normalized spacial score (nSPS) is 18.3. The van der Waals surface area contributed by atoms with E-state index in [-0.39, 0.29) is 17.1 Å². The van der Waals surface area contributed by atoms with Crippen molar-refractivity contribution in [3.63, 3.8) is 0 Å². The summed E-state index contributed by atoms with van der Waals surface area (Å²) >= 11 is 12.8. The molecule has 2 fully saturated rings. The molecule has 0 atom stereocenters. The lowest BCUT2D eigenvalue weighted by Crippen LogP contribution is -2.40. The summed E-state index contributed by atoms with van der Waals surface area (Å²) in [5.41, 5.74) is 4.51. The Labute approximate surface area is 223 Å². The molecular formula is C28H36Cl2N4O2. The number of hydrogen-bond donors (Lipinski definition) is 0. The van der Waals surface area contributed by atoms with Crippen LogP contribution in [-0.2, 0) is 16.7 Å². The Balaban J connectivity index is 1.37. The fourth-order valence-corrected chi connectivity index (χ4v) is 5.78. The number of fused-ring (bicyclic) bond motifs is 1. The van der Waals surface area contributed by atoms with Crippen molar-refractivity contribution in [1.29, 1.82) is 0 Å². The van der Waals surface area contributed by atoms with E-state index in [1.54, 1.807) is 0 Å². The topological polar surface area (TPSA) is 42.6 Å². The van der Waals surface area contributed by atoms with Crippen molar-refractivity contribution in [3.05, 3.63) is 62.5 Å². The number of benzene rings is 2. The lowest BCUT2D eigenvalue weighted by molar-refractivity contribution is 0.0364. The number of nitrogens with zero attached hydrogens (tertiary/aromatic N) is 4. The summed E-state index contributed by atoms with van der Waals surface area (Å²) in [6.45, 7) is 13.3. The van der Waals surface area contributed by atoms with Gasteiger partial charge in [-0.15, -0.1) is 0 Å². The highest BCUT2D eigenvalue weighted by molar-refractivity contribution is 6.42. The molecule has 0 radical (unpaired) electrons. The van der Waals surface area contributed by atoms with Crippen LogP contribution in [0.25, 0.3) is 11.0 Å². The number of rotatable bonds is 5. The largest absolute Gasteiger partial charge is 0.379 e. The first-order valence-corrected chi connectivity index (χ1v) is 13.7. The highest BCUT2D eigenvalue weighted by Crippen LogP contribution is 2.33. The van der Waals surface area contributed by atoms with Gasteiger partial charge >= 0.3 is 5.69 Å². The Hall–Kier alpha value is -1.99. The lowest BCUT2D eigenvalue weighted by Gasteiger charge is -2.34. The molecule has 8 heteroatoms. The van der Waals surface area contributed by atoms with Gasteiger partial charge < -0.3 is 9.64 Å². The number of hydrogen-bond acceptors (Lipinski definition) is 4. The van der Waals surface area contributed by atoms with Crippen LogP contribution in [0.5, 0.6) is 0 Å². The number of ether oxygens (including phenoxy) is 1. The van der Waals surface area contributed by atoms with Crippen molar-refractivity contribution in [3.8, 4) is 0 Å². The van der Waals surface area contributed by atoms with Gasteiger partial charge in [-0.1, -0.05) is 56.1 Å². The molecule has 2 aliphatic heterocycles. The van der Waals surface area contributed by atoms with Crippen molar-refractivity contribution >= 4 is 39.9 Å². The van der Waals surface area contributed by atoms with Gasteiger partial charge in [0.25, 0.3) is 0 Å². The summed E-state index contributed by atoms with van der Waals surface area (Å²) in [6, 6.07) is 12.8. The molecule has 5 rings (SSSR count). The lowest BCUT2D eigenvalue weighted by atomic mass is 9.87. The molecule has 2 aliphatic rings. The van der Waals surface area contributed by atoms with Crippen LogP contribution in [0.4, 0.5) is 5.69 Å². The average Bonchev–Trinajstić information content (AvgIpc) is 3.13. The van der Waals surface area contributed by atoms with Crippen LogP contribution in [0.3, 0.4) is 0 Å². The molecule has 3 aromatic rings. The van der Waals surface area contributed by atoms with E-state index in [4.69, 9.17) is 27.9 Å². The smallest absolute Gasteiger partial charge is 0.329 e. The number of aromatic nitrogens is 2. The van der Waals surface area contributed by atoms with Crippen molar-refractivity contribution in [2.24, 2.45) is 0 Å². The molecule has 0 aliphatic carbocycles. The maximum Gasteiger partial charge on any atom is 0.329 e. The zero-order valence-electron chi connectivity index (χ0n) is 21.5. The van der Waals surface area contributed by atoms with Crippen molar-refractivity contribution in [1.82, 2.24) is 14.0 Å². The molecule has 0 bridgehead atoms. The summed E-state index contributed by atoms with van der Waals surface area (Å²) in [5, 5.41) is 0.967. The van der Waals surface area contributed by atoms with Crippen molar-refractivity contribution < 1.29 is 4.74 Å². The van der Waals surface area contributed by atoms with Crippen LogP contribution in [0, 0.1) is 0 Å². The van der Waals surface area contributed by atoms with E-state index in [1.165, 1.54) is 11.3 Å². The Kier molecular flexibility index (Phi) is 7.42. The SMILES string of the molecule is CC(C)(C)c1ccc(N2CCC(n3c(=O)n(CCN4CCOCC4)c4cc(Cl)c(Cl)cc43)CC2)cc1. The third-order valence-electron chi connectivity index (χ3n) is 7.68. The van der Waals surface area contributed by atoms with Crippen molar-refractivity contribution in [2.75, 3.05) is 50.8 Å². The predicted octanol–water partition coefficient (Wildman–Crippen LogP) is 5.58. The average molecular weight is 532 g/mol. The molecule has 0 spiro atoms. The number of morpholine rings is 1. The quantitative estimate of drug-likeness (QED) is 0.431. The maximum atomic E-state index is 13.7. The summed E-state index contributed by atoms with van der Waals surface area (Å²) in [6.07, 6.45) is 1.81. The van der Waals surface area contributed by atoms with E-state index in [0.29, 0.717) is 16.6 Å². The number of anilines is 1. The Morgan fingerprint density at radius 2 is 1.50 bits per heavy atom. The van der Waals surface area contributed by atoms with Crippen LogP contribution in [0.2, 0.25) is 10.0 Å². The van der Waals surface area contributed by atoms with Gasteiger partial charge in [0, 0.05) is 51.0 Å². The van der Waals surface area contributed by atoms with E-state index in [0.717, 1.165) is 69.8 Å². The van der Waals surface area contributed by atoms with E-state index in [9.17, 15) is 4.79 Å². The van der Waals surface area contributed by atoms with Gasteiger partial charge in [0.1, 0.15) is 0 Å². The Morgan fingerprint density at radius 3 is 2.11 bits per heavy atom. The molecule has 194 valence electrons. The third-order valence-corrected chi connectivity index (χ3v) is 8.40. The summed E-state index contributed by atoms with van der Waals surface area (Å²) in [4.78, 5) is 18.5. The highest BCUT2D eigenvalue weighted by Gasteiger charge is 2.27. The monoisotopic (exact) mass is 530 g/mol. The second kappa shape index (κ2) is 10.4. The van der Waals surface area contributed by atoms with Crippen LogP contribution >= 0.6 is 23.2 Å². The standard InChI is InChI=1S/C28H36Cl2N4O2/c1-28(2,3)20-4-6-21(7-5-20)32-10-8-22(9-11-32)34-26-19-24(30)23(29)18-25(26)33(27(34)35)13-12-31-14-16-36-17-15-31/h4-7,18-19,22H,8-17H2,1-3H3. The minimum atomic E-state index is 0.0320. The summed E-state index contributed by atoms with van der Waals surface area (Å²) < 4.78 is 9.32. The molecule has 2 aromatic carbocycles. The third kappa shape index (κ3) is 5.19. The first-order valence-electron chi connectivity index (χ1n) is 13.0.